The molecule has 0 aromatic carbocycles. The van der Waals surface area contributed by atoms with Gasteiger partial charge in [0, 0.05) is 38.2 Å². The molecule has 2 aromatic rings. The van der Waals surface area contributed by atoms with Gasteiger partial charge in [0.05, 0.1) is 0 Å². The molecule has 1 fully saturated rings. The maximum Gasteiger partial charge on any atom is 0.318 e. The molecule has 0 bridgehead atoms. The number of amides is 1. The lowest BCUT2D eigenvalue weighted by Crippen LogP contribution is -2.49. The van der Waals surface area contributed by atoms with Crippen LogP contribution in [0.4, 0.5) is 6.01 Å². The second-order valence-electron chi connectivity index (χ2n) is 5.66. The Hall–Kier alpha value is -2.71. The van der Waals surface area contributed by atoms with E-state index in [0.29, 0.717) is 38.1 Å². The molecule has 1 aliphatic heterocycles. The maximum atomic E-state index is 12.3. The zero-order valence-electron chi connectivity index (χ0n) is 13.0. The molecule has 0 unspecified atom stereocenters. The van der Waals surface area contributed by atoms with Crippen LogP contribution in [0, 0.1) is 0 Å². The van der Waals surface area contributed by atoms with Crippen molar-refractivity contribution in [3.8, 4) is 0 Å². The standard InChI is InChI=1S/C14H18N6O3/c1-9(2)12-17-18-14(23-12)20-7-5-19(6-8-20)13(22)10-3-4-11(21)16-15-10/h3-4,9H,5-8H2,1-2H3,(H,16,21). The third-order valence-corrected chi connectivity index (χ3v) is 3.66. The summed E-state index contributed by atoms with van der Waals surface area (Å²) in [7, 11) is 0. The van der Waals surface area contributed by atoms with Gasteiger partial charge in [0.1, 0.15) is 5.69 Å². The lowest BCUT2D eigenvalue weighted by Gasteiger charge is -2.33. The Morgan fingerprint density at radius 3 is 2.52 bits per heavy atom. The smallest absolute Gasteiger partial charge is 0.318 e. The monoisotopic (exact) mass is 318 g/mol. The number of anilines is 1. The molecular formula is C14H18N6O3. The SMILES string of the molecule is CC(C)c1nnc(N2CCN(C(=O)c3ccc(=O)[nH]n3)CC2)o1. The first-order chi connectivity index (χ1) is 11.0. The summed E-state index contributed by atoms with van der Waals surface area (Å²) in [5.41, 5.74) is -0.0957. The molecule has 0 aliphatic carbocycles. The predicted molar refractivity (Wildman–Crippen MR) is 81.4 cm³/mol. The van der Waals surface area contributed by atoms with Gasteiger partial charge in [-0.25, -0.2) is 5.10 Å². The van der Waals surface area contributed by atoms with Crippen LogP contribution in [-0.2, 0) is 0 Å². The fourth-order valence-electron chi connectivity index (χ4n) is 2.31. The second kappa shape index (κ2) is 6.19. The van der Waals surface area contributed by atoms with Crippen LogP contribution in [0.2, 0.25) is 0 Å². The quantitative estimate of drug-likeness (QED) is 0.863. The van der Waals surface area contributed by atoms with Crippen molar-refractivity contribution in [1.29, 1.82) is 0 Å². The molecule has 9 heteroatoms. The number of hydrogen-bond acceptors (Lipinski definition) is 7. The number of aromatic nitrogens is 4. The third-order valence-electron chi connectivity index (χ3n) is 3.66. The highest BCUT2D eigenvalue weighted by molar-refractivity contribution is 5.92. The Morgan fingerprint density at radius 1 is 1.22 bits per heavy atom. The minimum Gasteiger partial charge on any atom is -0.408 e. The number of carbonyl (C=O) groups is 1. The molecule has 23 heavy (non-hydrogen) atoms. The van der Waals surface area contributed by atoms with E-state index >= 15 is 0 Å². The van der Waals surface area contributed by atoms with Gasteiger partial charge in [-0.1, -0.05) is 18.9 Å². The van der Waals surface area contributed by atoms with Crippen LogP contribution in [0.15, 0.2) is 21.3 Å². The summed E-state index contributed by atoms with van der Waals surface area (Å²) in [6.45, 7) is 6.25. The third kappa shape index (κ3) is 3.22. The average Bonchev–Trinajstić information content (AvgIpc) is 3.05. The Bertz CT molecular complexity index is 724. The van der Waals surface area contributed by atoms with Crippen LogP contribution in [0.3, 0.4) is 0 Å². The van der Waals surface area contributed by atoms with Crippen molar-refractivity contribution in [3.63, 3.8) is 0 Å². The fraction of sp³-hybridized carbons (Fsp3) is 0.500. The molecule has 122 valence electrons. The normalized spacial score (nSPS) is 15.3. The number of aromatic amines is 1. The average molecular weight is 318 g/mol. The number of nitrogens with zero attached hydrogens (tertiary/aromatic N) is 5. The van der Waals surface area contributed by atoms with Gasteiger partial charge in [0.15, 0.2) is 0 Å². The molecule has 2 aromatic heterocycles. The van der Waals surface area contributed by atoms with Gasteiger partial charge >= 0.3 is 6.01 Å². The Labute approximate surface area is 132 Å². The lowest BCUT2D eigenvalue weighted by atomic mass is 10.2. The van der Waals surface area contributed by atoms with Gasteiger partial charge in [0.25, 0.3) is 11.5 Å². The molecule has 3 rings (SSSR count). The minimum atomic E-state index is -0.330. The molecule has 0 saturated carbocycles. The topological polar surface area (TPSA) is 108 Å². The summed E-state index contributed by atoms with van der Waals surface area (Å²) < 4.78 is 5.63. The first kappa shape index (κ1) is 15.2. The van der Waals surface area contributed by atoms with E-state index in [1.807, 2.05) is 18.7 Å². The molecule has 1 N–H and O–H groups in total. The van der Waals surface area contributed by atoms with Crippen molar-refractivity contribution in [2.45, 2.75) is 19.8 Å². The number of carbonyl (C=O) groups excluding carboxylic acids is 1. The molecule has 1 amide bonds. The van der Waals surface area contributed by atoms with E-state index in [2.05, 4.69) is 20.4 Å². The van der Waals surface area contributed by atoms with Crippen LogP contribution >= 0.6 is 0 Å². The van der Waals surface area contributed by atoms with Crippen molar-refractivity contribution in [2.75, 3.05) is 31.1 Å². The summed E-state index contributed by atoms with van der Waals surface area (Å²) in [6, 6.07) is 3.21. The summed E-state index contributed by atoms with van der Waals surface area (Å²) in [6.07, 6.45) is 0. The summed E-state index contributed by atoms with van der Waals surface area (Å²) in [4.78, 5) is 27.0. The number of piperazine rings is 1. The first-order valence-corrected chi connectivity index (χ1v) is 7.48. The molecular weight excluding hydrogens is 300 g/mol. The van der Waals surface area contributed by atoms with Gasteiger partial charge < -0.3 is 14.2 Å². The van der Waals surface area contributed by atoms with Crippen molar-refractivity contribution in [3.05, 3.63) is 34.1 Å². The van der Waals surface area contributed by atoms with Crippen LogP contribution in [0.25, 0.3) is 0 Å². The van der Waals surface area contributed by atoms with Gasteiger partial charge in [-0.05, 0) is 6.07 Å². The number of rotatable bonds is 3. The van der Waals surface area contributed by atoms with Crippen molar-refractivity contribution in [2.24, 2.45) is 0 Å². The minimum absolute atomic E-state index is 0.186. The predicted octanol–water partition coefficient (Wildman–Crippen LogP) is 0.239. The van der Waals surface area contributed by atoms with Gasteiger partial charge in [0.2, 0.25) is 5.89 Å². The molecule has 0 radical (unpaired) electrons. The zero-order valence-corrected chi connectivity index (χ0v) is 13.0. The molecule has 3 heterocycles. The van der Waals surface area contributed by atoms with E-state index in [9.17, 15) is 9.59 Å². The van der Waals surface area contributed by atoms with Gasteiger partial charge in [-0.2, -0.15) is 5.10 Å². The number of hydrogen-bond donors (Lipinski definition) is 1. The molecule has 0 spiro atoms. The number of H-pyrrole nitrogens is 1. The Morgan fingerprint density at radius 2 is 1.96 bits per heavy atom. The molecule has 1 saturated heterocycles. The molecule has 1 aliphatic rings. The largest absolute Gasteiger partial charge is 0.408 e. The van der Waals surface area contributed by atoms with Crippen molar-refractivity contribution >= 4 is 11.9 Å². The highest BCUT2D eigenvalue weighted by Crippen LogP contribution is 2.19. The summed E-state index contributed by atoms with van der Waals surface area (Å²) >= 11 is 0. The van der Waals surface area contributed by atoms with Crippen LogP contribution < -0.4 is 10.5 Å². The summed E-state index contributed by atoms with van der Waals surface area (Å²) in [5.74, 6) is 0.593. The van der Waals surface area contributed by atoms with E-state index < -0.39 is 0 Å². The van der Waals surface area contributed by atoms with Crippen molar-refractivity contribution in [1.82, 2.24) is 25.3 Å². The molecule has 9 nitrogen and oxygen atoms in total. The van der Waals surface area contributed by atoms with Crippen LogP contribution in [0.5, 0.6) is 0 Å². The summed E-state index contributed by atoms with van der Waals surface area (Å²) in [5, 5.41) is 14.1. The molecule has 0 atom stereocenters. The Kier molecular flexibility index (Phi) is 4.09. The van der Waals surface area contributed by atoms with Crippen LogP contribution in [-0.4, -0.2) is 57.4 Å². The van der Waals surface area contributed by atoms with E-state index in [-0.39, 0.29) is 23.1 Å². The van der Waals surface area contributed by atoms with E-state index in [1.54, 1.807) is 4.90 Å². The van der Waals surface area contributed by atoms with Crippen molar-refractivity contribution < 1.29 is 9.21 Å². The van der Waals surface area contributed by atoms with Gasteiger partial charge in [-0.3, -0.25) is 9.59 Å². The van der Waals surface area contributed by atoms with E-state index in [4.69, 9.17) is 4.42 Å². The first-order valence-electron chi connectivity index (χ1n) is 7.48. The van der Waals surface area contributed by atoms with E-state index in [0.717, 1.165) is 0 Å². The van der Waals surface area contributed by atoms with Crippen LogP contribution in [0.1, 0.15) is 36.1 Å². The van der Waals surface area contributed by atoms with E-state index in [1.165, 1.54) is 12.1 Å². The van der Waals surface area contributed by atoms with Gasteiger partial charge in [-0.15, -0.1) is 5.10 Å². The maximum absolute atomic E-state index is 12.3. The zero-order chi connectivity index (χ0) is 16.4. The Balaban J connectivity index is 1.62. The highest BCUT2D eigenvalue weighted by atomic mass is 16.4. The number of nitrogens with one attached hydrogen (secondary N) is 1. The lowest BCUT2D eigenvalue weighted by molar-refractivity contribution is 0.0737. The second-order valence-corrected chi connectivity index (χ2v) is 5.66. The fourth-order valence-corrected chi connectivity index (χ4v) is 2.31. The highest BCUT2D eigenvalue weighted by Gasteiger charge is 2.26.